The van der Waals surface area contributed by atoms with Gasteiger partial charge < -0.3 is 15.7 Å². The number of nitro groups is 1. The predicted octanol–water partition coefficient (Wildman–Crippen LogP) is 1.39. The summed E-state index contributed by atoms with van der Waals surface area (Å²) >= 11 is 0. The number of nitrogens with one attached hydrogen (secondary N) is 2. The average molecular weight is 269 g/mol. The smallest absolute Gasteiger partial charge is 0.329 e. The predicted molar refractivity (Wildman–Crippen MR) is 72.3 cm³/mol. The first-order chi connectivity index (χ1) is 9.08. The van der Waals surface area contributed by atoms with E-state index >= 15 is 0 Å². The maximum absolute atomic E-state index is 10.9. The molecule has 1 rings (SSSR count). The fourth-order valence-corrected chi connectivity index (χ4v) is 1.44. The van der Waals surface area contributed by atoms with Crippen LogP contribution in [-0.2, 0) is 0 Å². The van der Waals surface area contributed by atoms with E-state index in [2.05, 4.69) is 20.6 Å². The van der Waals surface area contributed by atoms with E-state index in [1.807, 2.05) is 13.8 Å². The van der Waals surface area contributed by atoms with Crippen molar-refractivity contribution in [2.75, 3.05) is 23.8 Å². The van der Waals surface area contributed by atoms with Gasteiger partial charge in [-0.15, -0.1) is 0 Å². The van der Waals surface area contributed by atoms with E-state index in [1.54, 1.807) is 0 Å². The van der Waals surface area contributed by atoms with Gasteiger partial charge in [-0.25, -0.2) is 4.98 Å². The highest BCUT2D eigenvalue weighted by Gasteiger charge is 2.18. The highest BCUT2D eigenvalue weighted by molar-refractivity contribution is 5.57. The molecule has 0 aliphatic carbocycles. The lowest BCUT2D eigenvalue weighted by Crippen LogP contribution is -2.19. The number of aromatic nitrogens is 2. The van der Waals surface area contributed by atoms with Crippen molar-refractivity contribution < 1.29 is 10.0 Å². The molecule has 8 nitrogen and oxygen atoms in total. The molecule has 0 saturated carbocycles. The van der Waals surface area contributed by atoms with Crippen molar-refractivity contribution in [2.45, 2.75) is 32.7 Å². The van der Waals surface area contributed by atoms with E-state index in [4.69, 9.17) is 5.11 Å². The van der Waals surface area contributed by atoms with Crippen LogP contribution < -0.4 is 10.6 Å². The zero-order chi connectivity index (χ0) is 14.3. The van der Waals surface area contributed by atoms with Crippen molar-refractivity contribution in [1.82, 2.24) is 9.97 Å². The van der Waals surface area contributed by atoms with E-state index in [0.29, 0.717) is 18.9 Å². The van der Waals surface area contributed by atoms with Crippen molar-refractivity contribution in [3.8, 4) is 0 Å². The highest BCUT2D eigenvalue weighted by atomic mass is 16.6. The third-order valence-electron chi connectivity index (χ3n) is 2.44. The first kappa shape index (κ1) is 15.1. The van der Waals surface area contributed by atoms with Crippen LogP contribution in [0.1, 0.15) is 26.7 Å². The molecule has 0 bridgehead atoms. The minimum Gasteiger partial charge on any atom is -0.396 e. The number of aliphatic hydroxyl groups is 1. The van der Waals surface area contributed by atoms with Crippen LogP contribution in [-0.4, -0.2) is 39.2 Å². The number of hydrogen-bond donors (Lipinski definition) is 3. The van der Waals surface area contributed by atoms with E-state index in [1.165, 1.54) is 6.20 Å². The van der Waals surface area contributed by atoms with Gasteiger partial charge in [-0.05, 0) is 19.8 Å². The van der Waals surface area contributed by atoms with E-state index in [0.717, 1.165) is 6.42 Å². The van der Waals surface area contributed by atoms with Crippen LogP contribution in [0.25, 0.3) is 0 Å². The van der Waals surface area contributed by atoms with Gasteiger partial charge in [-0.1, -0.05) is 6.92 Å². The summed E-state index contributed by atoms with van der Waals surface area (Å²) < 4.78 is 0. The monoisotopic (exact) mass is 269 g/mol. The second-order valence-corrected chi connectivity index (χ2v) is 4.17. The fraction of sp³-hybridized carbons (Fsp3) is 0.636. The maximum atomic E-state index is 10.9. The minimum absolute atomic E-state index is 0.00793. The van der Waals surface area contributed by atoms with Crippen LogP contribution >= 0.6 is 0 Å². The summed E-state index contributed by atoms with van der Waals surface area (Å²) in [7, 11) is 0. The molecule has 1 aromatic rings. The van der Waals surface area contributed by atoms with Crippen LogP contribution in [0.15, 0.2) is 6.20 Å². The van der Waals surface area contributed by atoms with E-state index in [9.17, 15) is 10.1 Å². The van der Waals surface area contributed by atoms with Crippen LogP contribution in [0.3, 0.4) is 0 Å². The summed E-state index contributed by atoms with van der Waals surface area (Å²) in [5.41, 5.74) is -0.174. The molecule has 0 radical (unpaired) electrons. The molecule has 0 amide bonds. The zero-order valence-corrected chi connectivity index (χ0v) is 11.1. The maximum Gasteiger partial charge on any atom is 0.329 e. The molecule has 0 fully saturated rings. The van der Waals surface area contributed by atoms with Crippen molar-refractivity contribution in [3.63, 3.8) is 0 Å². The molecule has 1 heterocycles. The molecule has 1 unspecified atom stereocenters. The lowest BCUT2D eigenvalue weighted by atomic mass is 10.2. The van der Waals surface area contributed by atoms with Gasteiger partial charge in [0.2, 0.25) is 11.8 Å². The summed E-state index contributed by atoms with van der Waals surface area (Å²) in [6.07, 6.45) is 2.57. The summed E-state index contributed by atoms with van der Waals surface area (Å²) in [6.45, 7) is 4.53. The van der Waals surface area contributed by atoms with E-state index in [-0.39, 0.29) is 24.2 Å². The number of rotatable bonds is 8. The molecule has 0 aliphatic heterocycles. The quantitative estimate of drug-likeness (QED) is 0.482. The van der Waals surface area contributed by atoms with Crippen molar-refractivity contribution in [1.29, 1.82) is 0 Å². The van der Waals surface area contributed by atoms with Gasteiger partial charge in [-0.2, -0.15) is 4.98 Å². The standard InChI is InChI=1S/C11H19N5O3/c1-3-5-12-11-13-7-9(16(18)19)10(15-11)14-8(2)4-6-17/h7-8,17H,3-6H2,1-2H3,(H2,12,13,14,15). The molecule has 19 heavy (non-hydrogen) atoms. The zero-order valence-electron chi connectivity index (χ0n) is 11.1. The van der Waals surface area contributed by atoms with Gasteiger partial charge in [-0.3, -0.25) is 10.1 Å². The largest absolute Gasteiger partial charge is 0.396 e. The van der Waals surface area contributed by atoms with Crippen LogP contribution in [0.4, 0.5) is 17.5 Å². The Bertz CT molecular complexity index is 427. The summed E-state index contributed by atoms with van der Waals surface area (Å²) in [6, 6.07) is -0.113. The Kier molecular flexibility index (Phi) is 5.94. The highest BCUT2D eigenvalue weighted by Crippen LogP contribution is 2.23. The molecule has 1 atom stereocenters. The Morgan fingerprint density at radius 1 is 1.58 bits per heavy atom. The minimum atomic E-state index is -0.530. The second kappa shape index (κ2) is 7.47. The van der Waals surface area contributed by atoms with E-state index < -0.39 is 4.92 Å². The molecule has 0 saturated heterocycles. The molecule has 1 aromatic heterocycles. The van der Waals surface area contributed by atoms with Gasteiger partial charge in [0, 0.05) is 19.2 Å². The van der Waals surface area contributed by atoms with Crippen LogP contribution in [0.2, 0.25) is 0 Å². The lowest BCUT2D eigenvalue weighted by molar-refractivity contribution is -0.384. The first-order valence-corrected chi connectivity index (χ1v) is 6.21. The summed E-state index contributed by atoms with van der Waals surface area (Å²) in [5.74, 6) is 0.519. The normalized spacial score (nSPS) is 11.9. The van der Waals surface area contributed by atoms with Crippen molar-refractivity contribution in [2.24, 2.45) is 0 Å². The first-order valence-electron chi connectivity index (χ1n) is 6.21. The molecule has 0 spiro atoms. The number of aliphatic hydroxyl groups excluding tert-OH is 1. The topological polar surface area (TPSA) is 113 Å². The summed E-state index contributed by atoms with van der Waals surface area (Å²) in [5, 5.41) is 25.6. The van der Waals surface area contributed by atoms with Gasteiger partial charge >= 0.3 is 5.69 Å². The molecule has 0 aliphatic rings. The average Bonchev–Trinajstić information content (AvgIpc) is 2.36. The Morgan fingerprint density at radius 2 is 2.32 bits per heavy atom. The van der Waals surface area contributed by atoms with Crippen molar-refractivity contribution in [3.05, 3.63) is 16.3 Å². The lowest BCUT2D eigenvalue weighted by Gasteiger charge is -2.13. The molecular weight excluding hydrogens is 250 g/mol. The number of hydrogen-bond acceptors (Lipinski definition) is 7. The van der Waals surface area contributed by atoms with Crippen LogP contribution in [0.5, 0.6) is 0 Å². The van der Waals surface area contributed by atoms with Crippen molar-refractivity contribution >= 4 is 17.5 Å². The SMILES string of the molecule is CCCNc1ncc([N+](=O)[O-])c(NC(C)CCO)n1. The van der Waals surface area contributed by atoms with Gasteiger partial charge in [0.25, 0.3) is 0 Å². The molecular formula is C11H19N5O3. The Balaban J connectivity index is 2.91. The molecule has 3 N–H and O–H groups in total. The Hall–Kier alpha value is -1.96. The van der Waals surface area contributed by atoms with Crippen LogP contribution in [0, 0.1) is 10.1 Å². The summed E-state index contributed by atoms with van der Waals surface area (Å²) in [4.78, 5) is 18.4. The second-order valence-electron chi connectivity index (χ2n) is 4.17. The molecule has 0 aromatic carbocycles. The molecule has 106 valence electrons. The van der Waals surface area contributed by atoms with Gasteiger partial charge in [0.15, 0.2) is 0 Å². The Labute approximate surface area is 111 Å². The van der Waals surface area contributed by atoms with Gasteiger partial charge in [0.1, 0.15) is 6.20 Å². The number of nitrogens with zero attached hydrogens (tertiary/aromatic N) is 3. The fourth-order valence-electron chi connectivity index (χ4n) is 1.44. The number of anilines is 2. The third-order valence-corrected chi connectivity index (χ3v) is 2.44. The third kappa shape index (κ3) is 4.66. The van der Waals surface area contributed by atoms with Gasteiger partial charge in [0.05, 0.1) is 4.92 Å². The molecule has 8 heteroatoms. The Morgan fingerprint density at radius 3 is 2.89 bits per heavy atom.